The third kappa shape index (κ3) is 5.03. The van der Waals surface area contributed by atoms with Crippen molar-refractivity contribution in [2.45, 2.75) is 43.2 Å². The largest absolute Gasteiger partial charge is 0.344 e. The van der Waals surface area contributed by atoms with Crippen molar-refractivity contribution >= 4 is 15.7 Å². The maximum absolute atomic E-state index is 12.7. The van der Waals surface area contributed by atoms with Crippen molar-refractivity contribution in [2.24, 2.45) is 0 Å². The second-order valence-corrected chi connectivity index (χ2v) is 9.41. The van der Waals surface area contributed by atoms with Gasteiger partial charge in [-0.25, -0.2) is 8.42 Å². The zero-order valence-electron chi connectivity index (χ0n) is 16.4. The fraction of sp³-hybridized carbons (Fsp3) is 0.364. The van der Waals surface area contributed by atoms with E-state index in [4.69, 9.17) is 5.26 Å². The summed E-state index contributed by atoms with van der Waals surface area (Å²) in [5, 5.41) is 15.5. The summed E-state index contributed by atoms with van der Waals surface area (Å²) in [5.41, 5.74) is 2.39. The first kappa shape index (κ1) is 21.0. The van der Waals surface area contributed by atoms with Crippen LogP contribution in [0.15, 0.2) is 53.4 Å². The number of nitriles is 1. The van der Waals surface area contributed by atoms with Crippen LogP contribution in [0.2, 0.25) is 0 Å². The second kappa shape index (κ2) is 9.21. The van der Waals surface area contributed by atoms with Gasteiger partial charge in [0, 0.05) is 11.6 Å². The number of carbonyl (C=O) groups is 1. The molecule has 0 bridgehead atoms. The van der Waals surface area contributed by atoms with Crippen molar-refractivity contribution in [1.82, 2.24) is 10.6 Å². The number of hydrogen-bond donors (Lipinski definition) is 2. The molecule has 0 radical (unpaired) electrons. The molecule has 0 spiro atoms. The molecule has 0 saturated carbocycles. The Labute approximate surface area is 171 Å². The van der Waals surface area contributed by atoms with Gasteiger partial charge < -0.3 is 10.6 Å². The van der Waals surface area contributed by atoms with E-state index in [-0.39, 0.29) is 23.0 Å². The third-order valence-corrected chi connectivity index (χ3v) is 7.01. The van der Waals surface area contributed by atoms with Crippen LogP contribution in [0.1, 0.15) is 59.8 Å². The maximum atomic E-state index is 12.7. The molecule has 152 valence electrons. The van der Waals surface area contributed by atoms with Crippen LogP contribution >= 0.6 is 0 Å². The van der Waals surface area contributed by atoms with Gasteiger partial charge in [0.15, 0.2) is 9.84 Å². The molecule has 7 heteroatoms. The number of carbonyl (C=O) groups excluding carboxylic acids is 1. The highest BCUT2D eigenvalue weighted by molar-refractivity contribution is 7.91. The van der Waals surface area contributed by atoms with Gasteiger partial charge in [-0.3, -0.25) is 4.79 Å². The number of amides is 1. The summed E-state index contributed by atoms with van der Waals surface area (Å²) in [6.45, 7) is 2.61. The van der Waals surface area contributed by atoms with E-state index in [0.717, 1.165) is 19.4 Å². The lowest BCUT2D eigenvalue weighted by Crippen LogP contribution is -2.28. The topological polar surface area (TPSA) is 99.1 Å². The van der Waals surface area contributed by atoms with Crippen LogP contribution in [0, 0.1) is 11.3 Å². The standard InChI is InChI=1S/C22H25N3O3S/c1-2-29(27,28)19-11-9-17(10-12-19)21(13-14-23)25-22(26)18-7-5-16(6-8-18)20-4-3-15-24-20/h5-12,20-21,24H,2-4,13,15H2,1H3,(H,25,26). The molecule has 1 heterocycles. The molecule has 1 fully saturated rings. The van der Waals surface area contributed by atoms with Gasteiger partial charge in [-0.2, -0.15) is 5.26 Å². The number of nitrogens with one attached hydrogen (secondary N) is 2. The summed E-state index contributed by atoms with van der Waals surface area (Å²) in [6.07, 6.45) is 2.34. The van der Waals surface area contributed by atoms with Gasteiger partial charge in [0.2, 0.25) is 0 Å². The number of nitrogens with zero attached hydrogens (tertiary/aromatic N) is 1. The van der Waals surface area contributed by atoms with Crippen molar-refractivity contribution in [3.63, 3.8) is 0 Å². The van der Waals surface area contributed by atoms with Gasteiger partial charge in [-0.05, 0) is 54.8 Å². The molecule has 1 aliphatic rings. The molecular formula is C22H25N3O3S. The summed E-state index contributed by atoms with van der Waals surface area (Å²) in [4.78, 5) is 12.9. The SMILES string of the molecule is CCS(=O)(=O)c1ccc(C(CC#N)NC(=O)c2ccc(C3CCCN3)cc2)cc1. The fourth-order valence-electron chi connectivity index (χ4n) is 3.50. The molecule has 29 heavy (non-hydrogen) atoms. The quantitative estimate of drug-likeness (QED) is 0.728. The van der Waals surface area contributed by atoms with Gasteiger partial charge in [-0.1, -0.05) is 31.2 Å². The van der Waals surface area contributed by atoms with E-state index in [0.29, 0.717) is 17.2 Å². The van der Waals surface area contributed by atoms with Crippen molar-refractivity contribution < 1.29 is 13.2 Å². The van der Waals surface area contributed by atoms with Crippen LogP contribution in [-0.2, 0) is 9.84 Å². The van der Waals surface area contributed by atoms with Crippen molar-refractivity contribution in [2.75, 3.05) is 12.3 Å². The molecule has 2 aromatic rings. The van der Waals surface area contributed by atoms with Crippen LogP contribution in [-0.4, -0.2) is 26.6 Å². The molecule has 6 nitrogen and oxygen atoms in total. The zero-order valence-corrected chi connectivity index (χ0v) is 17.2. The molecule has 2 aromatic carbocycles. The normalized spacial score (nSPS) is 17.4. The van der Waals surface area contributed by atoms with Crippen molar-refractivity contribution in [3.8, 4) is 6.07 Å². The molecule has 2 unspecified atom stereocenters. The van der Waals surface area contributed by atoms with E-state index in [2.05, 4.69) is 16.7 Å². The van der Waals surface area contributed by atoms with E-state index >= 15 is 0 Å². The van der Waals surface area contributed by atoms with Gasteiger partial charge in [0.05, 0.1) is 29.2 Å². The Balaban J connectivity index is 1.73. The molecule has 0 aromatic heterocycles. The Morgan fingerprint density at radius 3 is 2.45 bits per heavy atom. The number of hydrogen-bond acceptors (Lipinski definition) is 5. The van der Waals surface area contributed by atoms with Crippen molar-refractivity contribution in [3.05, 3.63) is 65.2 Å². The summed E-state index contributed by atoms with van der Waals surface area (Å²) < 4.78 is 23.9. The Morgan fingerprint density at radius 2 is 1.90 bits per heavy atom. The summed E-state index contributed by atoms with van der Waals surface area (Å²) in [7, 11) is -3.29. The first-order valence-corrected chi connectivity index (χ1v) is 11.4. The highest BCUT2D eigenvalue weighted by Gasteiger charge is 2.19. The zero-order chi connectivity index (χ0) is 20.9. The van der Waals surface area contributed by atoms with Crippen molar-refractivity contribution in [1.29, 1.82) is 5.26 Å². The van der Waals surface area contributed by atoms with E-state index in [9.17, 15) is 13.2 Å². The third-order valence-electron chi connectivity index (χ3n) is 5.26. The predicted octanol–water partition coefficient (Wildman–Crippen LogP) is 3.29. The van der Waals surface area contributed by atoms with Crippen LogP contribution in [0.5, 0.6) is 0 Å². The monoisotopic (exact) mass is 411 g/mol. The highest BCUT2D eigenvalue weighted by Crippen LogP contribution is 2.24. The predicted molar refractivity (Wildman–Crippen MR) is 111 cm³/mol. The Morgan fingerprint density at radius 1 is 1.21 bits per heavy atom. The first-order valence-electron chi connectivity index (χ1n) is 9.78. The van der Waals surface area contributed by atoms with E-state index in [1.807, 2.05) is 12.1 Å². The van der Waals surface area contributed by atoms with Crippen LogP contribution < -0.4 is 10.6 Å². The summed E-state index contributed by atoms with van der Waals surface area (Å²) in [5.74, 6) is -0.238. The van der Waals surface area contributed by atoms with Gasteiger partial charge in [-0.15, -0.1) is 0 Å². The minimum absolute atomic E-state index is 0.0249. The lowest BCUT2D eigenvalue weighted by Gasteiger charge is -2.17. The minimum Gasteiger partial charge on any atom is -0.344 e. The minimum atomic E-state index is -3.29. The molecule has 1 saturated heterocycles. The molecule has 1 amide bonds. The Bertz CT molecular complexity index is 987. The van der Waals surface area contributed by atoms with Gasteiger partial charge >= 0.3 is 0 Å². The maximum Gasteiger partial charge on any atom is 0.251 e. The smallest absolute Gasteiger partial charge is 0.251 e. The molecule has 1 aliphatic heterocycles. The van der Waals surface area contributed by atoms with E-state index in [1.54, 1.807) is 31.2 Å². The number of sulfone groups is 1. The summed E-state index contributed by atoms with van der Waals surface area (Å²) >= 11 is 0. The molecular weight excluding hydrogens is 386 g/mol. The average Bonchev–Trinajstić information content (AvgIpc) is 3.28. The Hall–Kier alpha value is -2.69. The molecule has 2 N–H and O–H groups in total. The second-order valence-electron chi connectivity index (χ2n) is 7.13. The van der Waals surface area contributed by atoms with E-state index in [1.165, 1.54) is 17.7 Å². The Kier molecular flexibility index (Phi) is 6.68. The van der Waals surface area contributed by atoms with E-state index < -0.39 is 15.9 Å². The molecule has 0 aliphatic carbocycles. The fourth-order valence-corrected chi connectivity index (χ4v) is 4.38. The van der Waals surface area contributed by atoms with Gasteiger partial charge in [0.1, 0.15) is 0 Å². The molecule has 2 atom stereocenters. The van der Waals surface area contributed by atoms with Crippen LogP contribution in [0.4, 0.5) is 0 Å². The lowest BCUT2D eigenvalue weighted by molar-refractivity contribution is 0.0937. The summed E-state index contributed by atoms with van der Waals surface area (Å²) in [6, 6.07) is 15.8. The lowest BCUT2D eigenvalue weighted by atomic mass is 10.0. The van der Waals surface area contributed by atoms with Crippen LogP contribution in [0.25, 0.3) is 0 Å². The number of rotatable bonds is 7. The first-order chi connectivity index (χ1) is 13.9. The van der Waals surface area contributed by atoms with Crippen LogP contribution in [0.3, 0.4) is 0 Å². The molecule has 3 rings (SSSR count). The highest BCUT2D eigenvalue weighted by atomic mass is 32.2. The van der Waals surface area contributed by atoms with Gasteiger partial charge in [0.25, 0.3) is 5.91 Å². The number of benzene rings is 2. The average molecular weight is 412 g/mol.